The zero-order valence-electron chi connectivity index (χ0n) is 15.4. The Bertz CT molecular complexity index is 831. The third-order valence-electron chi connectivity index (χ3n) is 4.57. The quantitative estimate of drug-likeness (QED) is 0.826. The van der Waals surface area contributed by atoms with Gasteiger partial charge in [0.15, 0.2) is 0 Å². The predicted octanol–water partition coefficient (Wildman–Crippen LogP) is 2.60. The highest BCUT2D eigenvalue weighted by Gasteiger charge is 2.25. The standard InChI is InChI=1S/C21H24N4O2/c1-15(20(22)27)21-23-12-5-13-25(21)18-10-8-17(9-11-18)24-19(26)14-16-6-3-2-4-7-16/h2-4,6-11,15H,5,12-14H2,1H3,(H2,22,27)(H,24,26). The van der Waals surface area contributed by atoms with Crippen molar-refractivity contribution >= 4 is 29.0 Å². The molecule has 0 radical (unpaired) electrons. The molecule has 0 bridgehead atoms. The first-order chi connectivity index (χ1) is 13.0. The van der Waals surface area contributed by atoms with Gasteiger partial charge in [-0.1, -0.05) is 30.3 Å². The lowest BCUT2D eigenvalue weighted by Crippen LogP contribution is -2.43. The maximum atomic E-state index is 12.2. The summed E-state index contributed by atoms with van der Waals surface area (Å²) in [6.07, 6.45) is 1.26. The van der Waals surface area contributed by atoms with E-state index in [-0.39, 0.29) is 11.8 Å². The average molecular weight is 364 g/mol. The van der Waals surface area contributed by atoms with Gasteiger partial charge in [-0.15, -0.1) is 0 Å². The fourth-order valence-corrected chi connectivity index (χ4v) is 3.09. The van der Waals surface area contributed by atoms with E-state index in [2.05, 4.69) is 10.3 Å². The summed E-state index contributed by atoms with van der Waals surface area (Å²) in [5, 5.41) is 2.91. The van der Waals surface area contributed by atoms with E-state index < -0.39 is 5.92 Å². The SMILES string of the molecule is CC(C(N)=O)C1=NCCCN1c1ccc(NC(=O)Cc2ccccc2)cc1. The van der Waals surface area contributed by atoms with Crippen molar-refractivity contribution in [2.75, 3.05) is 23.3 Å². The highest BCUT2D eigenvalue weighted by molar-refractivity contribution is 6.10. The lowest BCUT2D eigenvalue weighted by Gasteiger charge is -2.31. The van der Waals surface area contributed by atoms with Crippen molar-refractivity contribution in [2.24, 2.45) is 16.6 Å². The topological polar surface area (TPSA) is 87.8 Å². The third kappa shape index (κ3) is 4.73. The number of benzene rings is 2. The van der Waals surface area contributed by atoms with Crippen molar-refractivity contribution < 1.29 is 9.59 Å². The van der Waals surface area contributed by atoms with Crippen LogP contribution in [-0.2, 0) is 16.0 Å². The summed E-state index contributed by atoms with van der Waals surface area (Å²) < 4.78 is 0. The molecule has 1 aliphatic heterocycles. The van der Waals surface area contributed by atoms with Crippen LogP contribution in [0.2, 0.25) is 0 Å². The molecule has 0 aliphatic carbocycles. The van der Waals surface area contributed by atoms with Crippen LogP contribution in [0.5, 0.6) is 0 Å². The highest BCUT2D eigenvalue weighted by atomic mass is 16.2. The number of hydrogen-bond acceptors (Lipinski definition) is 4. The lowest BCUT2D eigenvalue weighted by molar-refractivity contribution is -0.119. The Kier molecular flexibility index (Phi) is 5.86. The average Bonchev–Trinajstić information content (AvgIpc) is 2.68. The second-order valence-corrected chi connectivity index (χ2v) is 6.63. The summed E-state index contributed by atoms with van der Waals surface area (Å²) in [6.45, 7) is 3.27. The molecule has 6 nitrogen and oxygen atoms in total. The van der Waals surface area contributed by atoms with Crippen LogP contribution in [0.1, 0.15) is 18.9 Å². The van der Waals surface area contributed by atoms with Gasteiger partial charge in [-0.2, -0.15) is 0 Å². The van der Waals surface area contributed by atoms with E-state index in [9.17, 15) is 9.59 Å². The number of nitrogens with one attached hydrogen (secondary N) is 1. The predicted molar refractivity (Wildman–Crippen MR) is 108 cm³/mol. The molecule has 27 heavy (non-hydrogen) atoms. The van der Waals surface area contributed by atoms with E-state index in [1.807, 2.05) is 59.5 Å². The lowest BCUT2D eigenvalue weighted by atomic mass is 10.1. The molecule has 0 fully saturated rings. The van der Waals surface area contributed by atoms with E-state index in [1.165, 1.54) is 0 Å². The zero-order chi connectivity index (χ0) is 19.2. The molecular formula is C21H24N4O2. The fraction of sp³-hybridized carbons (Fsp3) is 0.286. The van der Waals surface area contributed by atoms with Crippen molar-refractivity contribution in [1.82, 2.24) is 0 Å². The Labute approximate surface area is 159 Å². The molecule has 140 valence electrons. The molecule has 0 spiro atoms. The van der Waals surface area contributed by atoms with Crippen LogP contribution in [0.3, 0.4) is 0 Å². The number of anilines is 2. The fourth-order valence-electron chi connectivity index (χ4n) is 3.09. The molecule has 0 saturated carbocycles. The van der Waals surface area contributed by atoms with Crippen LogP contribution in [0, 0.1) is 5.92 Å². The van der Waals surface area contributed by atoms with Crippen molar-refractivity contribution in [3.05, 3.63) is 60.2 Å². The number of rotatable bonds is 6. The van der Waals surface area contributed by atoms with Crippen LogP contribution in [-0.4, -0.2) is 30.7 Å². The number of nitrogens with two attached hydrogens (primary N) is 1. The molecular weight excluding hydrogens is 340 g/mol. The highest BCUT2D eigenvalue weighted by Crippen LogP contribution is 2.23. The number of amidine groups is 1. The maximum Gasteiger partial charge on any atom is 0.228 e. The van der Waals surface area contributed by atoms with E-state index in [4.69, 9.17) is 5.73 Å². The molecule has 6 heteroatoms. The first-order valence-electron chi connectivity index (χ1n) is 9.09. The Balaban J connectivity index is 1.67. The second kappa shape index (κ2) is 8.49. The van der Waals surface area contributed by atoms with Gasteiger partial charge in [0.2, 0.25) is 11.8 Å². The number of amides is 2. The Morgan fingerprint density at radius 2 is 1.85 bits per heavy atom. The Hall–Kier alpha value is -3.15. The molecule has 1 aliphatic rings. The number of nitrogens with zero attached hydrogens (tertiary/aromatic N) is 2. The van der Waals surface area contributed by atoms with Crippen LogP contribution < -0.4 is 16.0 Å². The molecule has 3 rings (SSSR count). The van der Waals surface area contributed by atoms with Gasteiger partial charge in [0.25, 0.3) is 0 Å². The minimum Gasteiger partial charge on any atom is -0.369 e. The second-order valence-electron chi connectivity index (χ2n) is 6.63. The van der Waals surface area contributed by atoms with Gasteiger partial charge < -0.3 is 16.0 Å². The smallest absolute Gasteiger partial charge is 0.228 e. The van der Waals surface area contributed by atoms with Crippen LogP contribution in [0.25, 0.3) is 0 Å². The van der Waals surface area contributed by atoms with Gasteiger partial charge in [0.05, 0.1) is 12.3 Å². The van der Waals surface area contributed by atoms with Gasteiger partial charge in [0, 0.05) is 24.5 Å². The molecule has 1 unspecified atom stereocenters. The molecule has 2 aromatic rings. The van der Waals surface area contributed by atoms with E-state index >= 15 is 0 Å². The number of carbonyl (C=O) groups excluding carboxylic acids is 2. The minimum absolute atomic E-state index is 0.0588. The van der Waals surface area contributed by atoms with Gasteiger partial charge in [-0.3, -0.25) is 14.6 Å². The summed E-state index contributed by atoms with van der Waals surface area (Å²) in [5.74, 6) is -0.174. The van der Waals surface area contributed by atoms with E-state index in [1.54, 1.807) is 6.92 Å². The maximum absolute atomic E-state index is 12.2. The largest absolute Gasteiger partial charge is 0.369 e. The van der Waals surface area contributed by atoms with Crippen molar-refractivity contribution in [3.63, 3.8) is 0 Å². The van der Waals surface area contributed by atoms with Crippen molar-refractivity contribution in [3.8, 4) is 0 Å². The van der Waals surface area contributed by atoms with E-state index in [0.717, 1.165) is 29.9 Å². The summed E-state index contributed by atoms with van der Waals surface area (Å²) in [4.78, 5) is 30.3. The van der Waals surface area contributed by atoms with Crippen molar-refractivity contribution in [1.29, 1.82) is 0 Å². The summed E-state index contributed by atoms with van der Waals surface area (Å²) in [6, 6.07) is 17.2. The summed E-state index contributed by atoms with van der Waals surface area (Å²) >= 11 is 0. The van der Waals surface area contributed by atoms with Gasteiger partial charge in [-0.05, 0) is 43.2 Å². The number of primary amides is 1. The Morgan fingerprint density at radius 1 is 1.15 bits per heavy atom. The molecule has 2 amide bonds. The van der Waals surface area contributed by atoms with Gasteiger partial charge in [0.1, 0.15) is 5.84 Å². The molecule has 2 aromatic carbocycles. The molecule has 1 atom stereocenters. The molecule has 3 N–H and O–H groups in total. The molecule has 0 saturated heterocycles. The van der Waals surface area contributed by atoms with E-state index in [0.29, 0.717) is 18.8 Å². The first-order valence-corrected chi connectivity index (χ1v) is 9.09. The van der Waals surface area contributed by atoms with Crippen LogP contribution in [0.15, 0.2) is 59.6 Å². The normalized spacial score (nSPS) is 15.0. The van der Waals surface area contributed by atoms with Crippen LogP contribution >= 0.6 is 0 Å². The number of aliphatic imine (C=N–C) groups is 1. The molecule has 1 heterocycles. The monoisotopic (exact) mass is 364 g/mol. The number of carbonyl (C=O) groups is 2. The third-order valence-corrected chi connectivity index (χ3v) is 4.57. The first kappa shape index (κ1) is 18.6. The Morgan fingerprint density at radius 3 is 2.52 bits per heavy atom. The number of hydrogen-bond donors (Lipinski definition) is 2. The zero-order valence-corrected chi connectivity index (χ0v) is 15.4. The minimum atomic E-state index is -0.435. The van der Waals surface area contributed by atoms with Crippen LogP contribution in [0.4, 0.5) is 11.4 Å². The molecule has 0 aromatic heterocycles. The van der Waals surface area contributed by atoms with Gasteiger partial charge >= 0.3 is 0 Å². The van der Waals surface area contributed by atoms with Gasteiger partial charge in [-0.25, -0.2) is 0 Å². The summed E-state index contributed by atoms with van der Waals surface area (Å²) in [5.41, 5.74) is 8.10. The van der Waals surface area contributed by atoms with Crippen molar-refractivity contribution in [2.45, 2.75) is 19.8 Å². The summed E-state index contributed by atoms with van der Waals surface area (Å²) in [7, 11) is 0.